The topological polar surface area (TPSA) is 70.2 Å². The second-order valence-corrected chi connectivity index (χ2v) is 5.04. The van der Waals surface area contributed by atoms with E-state index in [0.29, 0.717) is 11.3 Å². The molecule has 5 heteroatoms. The molecule has 1 heterocycles. The SMILES string of the molecule is CCC1(C(=O)Nc2ccccc2C(=O)NC)CCCN1. The summed E-state index contributed by atoms with van der Waals surface area (Å²) >= 11 is 0. The predicted molar refractivity (Wildman–Crippen MR) is 78.7 cm³/mol. The fourth-order valence-electron chi connectivity index (χ4n) is 2.63. The summed E-state index contributed by atoms with van der Waals surface area (Å²) in [5.41, 5.74) is 0.529. The van der Waals surface area contributed by atoms with Gasteiger partial charge >= 0.3 is 0 Å². The largest absolute Gasteiger partial charge is 0.355 e. The zero-order valence-corrected chi connectivity index (χ0v) is 12.0. The van der Waals surface area contributed by atoms with E-state index in [4.69, 9.17) is 0 Å². The van der Waals surface area contributed by atoms with Gasteiger partial charge in [-0.25, -0.2) is 0 Å². The van der Waals surface area contributed by atoms with E-state index >= 15 is 0 Å². The van der Waals surface area contributed by atoms with E-state index in [2.05, 4.69) is 16.0 Å². The molecule has 5 nitrogen and oxygen atoms in total. The van der Waals surface area contributed by atoms with Crippen molar-refractivity contribution in [3.8, 4) is 0 Å². The maximum absolute atomic E-state index is 12.5. The van der Waals surface area contributed by atoms with E-state index in [1.54, 1.807) is 25.2 Å². The normalized spacial score (nSPS) is 21.5. The molecule has 0 aromatic heterocycles. The third-order valence-electron chi connectivity index (χ3n) is 3.93. The maximum atomic E-state index is 12.5. The molecule has 0 saturated carbocycles. The summed E-state index contributed by atoms with van der Waals surface area (Å²) in [4.78, 5) is 24.3. The molecule has 1 aliphatic rings. The number of carbonyl (C=O) groups excluding carboxylic acids is 2. The summed E-state index contributed by atoms with van der Waals surface area (Å²) < 4.78 is 0. The molecule has 2 amide bonds. The Labute approximate surface area is 119 Å². The Bertz CT molecular complexity index is 508. The smallest absolute Gasteiger partial charge is 0.253 e. The number of hydrogen-bond acceptors (Lipinski definition) is 3. The number of nitrogens with one attached hydrogen (secondary N) is 3. The molecule has 1 aromatic carbocycles. The van der Waals surface area contributed by atoms with Gasteiger partial charge in [-0.05, 0) is 37.9 Å². The van der Waals surface area contributed by atoms with E-state index in [-0.39, 0.29) is 11.8 Å². The van der Waals surface area contributed by atoms with Gasteiger partial charge < -0.3 is 16.0 Å². The van der Waals surface area contributed by atoms with Gasteiger partial charge in [-0.15, -0.1) is 0 Å². The molecule has 1 atom stereocenters. The van der Waals surface area contributed by atoms with Crippen LogP contribution in [0.5, 0.6) is 0 Å². The van der Waals surface area contributed by atoms with Gasteiger partial charge in [0, 0.05) is 7.05 Å². The molecular formula is C15H21N3O2. The van der Waals surface area contributed by atoms with Crippen LogP contribution in [0, 0.1) is 0 Å². The van der Waals surface area contributed by atoms with E-state index in [1.807, 2.05) is 13.0 Å². The van der Waals surface area contributed by atoms with Crippen molar-refractivity contribution in [2.75, 3.05) is 18.9 Å². The molecule has 0 spiro atoms. The first-order chi connectivity index (χ1) is 9.63. The summed E-state index contributed by atoms with van der Waals surface area (Å²) in [6, 6.07) is 7.04. The molecule has 0 radical (unpaired) electrons. The minimum Gasteiger partial charge on any atom is -0.355 e. The van der Waals surface area contributed by atoms with Gasteiger partial charge in [0.05, 0.1) is 16.8 Å². The predicted octanol–water partition coefficient (Wildman–Crippen LogP) is 1.52. The first-order valence-electron chi connectivity index (χ1n) is 7.00. The lowest BCUT2D eigenvalue weighted by Gasteiger charge is -2.27. The van der Waals surface area contributed by atoms with Crippen LogP contribution in [0.3, 0.4) is 0 Å². The molecule has 1 aliphatic heterocycles. The molecule has 3 N–H and O–H groups in total. The van der Waals surface area contributed by atoms with Gasteiger partial charge in [-0.1, -0.05) is 19.1 Å². The lowest BCUT2D eigenvalue weighted by molar-refractivity contribution is -0.122. The Kier molecular flexibility index (Phi) is 4.39. The summed E-state index contributed by atoms with van der Waals surface area (Å²) in [6.07, 6.45) is 2.57. The summed E-state index contributed by atoms with van der Waals surface area (Å²) in [6.45, 7) is 2.86. The highest BCUT2D eigenvalue weighted by molar-refractivity contribution is 6.05. The number of carbonyl (C=O) groups is 2. The first kappa shape index (κ1) is 14.5. The second kappa shape index (κ2) is 6.05. The summed E-state index contributed by atoms with van der Waals surface area (Å²) in [5.74, 6) is -0.264. The second-order valence-electron chi connectivity index (χ2n) is 5.04. The van der Waals surface area contributed by atoms with Gasteiger partial charge in [-0.2, -0.15) is 0 Å². The van der Waals surface area contributed by atoms with Crippen LogP contribution < -0.4 is 16.0 Å². The lowest BCUT2D eigenvalue weighted by atomic mass is 9.93. The van der Waals surface area contributed by atoms with Gasteiger partial charge in [-0.3, -0.25) is 9.59 Å². The fraction of sp³-hybridized carbons (Fsp3) is 0.467. The van der Waals surface area contributed by atoms with Crippen LogP contribution in [0.15, 0.2) is 24.3 Å². The number of para-hydroxylation sites is 1. The van der Waals surface area contributed by atoms with Crippen LogP contribution >= 0.6 is 0 Å². The van der Waals surface area contributed by atoms with Crippen LogP contribution in [0.1, 0.15) is 36.5 Å². The zero-order valence-electron chi connectivity index (χ0n) is 12.0. The van der Waals surface area contributed by atoms with Crippen molar-refractivity contribution in [3.05, 3.63) is 29.8 Å². The van der Waals surface area contributed by atoms with Crippen molar-refractivity contribution in [1.82, 2.24) is 10.6 Å². The van der Waals surface area contributed by atoms with Crippen LogP contribution in [0.2, 0.25) is 0 Å². The molecule has 0 aliphatic carbocycles. The third-order valence-corrected chi connectivity index (χ3v) is 3.93. The van der Waals surface area contributed by atoms with E-state index in [9.17, 15) is 9.59 Å². The van der Waals surface area contributed by atoms with Gasteiger partial charge in [0.1, 0.15) is 0 Å². The highest BCUT2D eigenvalue weighted by Crippen LogP contribution is 2.25. The highest BCUT2D eigenvalue weighted by atomic mass is 16.2. The first-order valence-corrected chi connectivity index (χ1v) is 7.00. The van der Waals surface area contributed by atoms with Crippen LogP contribution in [0.25, 0.3) is 0 Å². The fourth-order valence-corrected chi connectivity index (χ4v) is 2.63. The summed E-state index contributed by atoms with van der Waals surface area (Å²) in [7, 11) is 1.58. The Morgan fingerprint density at radius 3 is 2.70 bits per heavy atom. The monoisotopic (exact) mass is 275 g/mol. The van der Waals surface area contributed by atoms with Crippen LogP contribution in [-0.2, 0) is 4.79 Å². The van der Waals surface area contributed by atoms with Crippen molar-refractivity contribution < 1.29 is 9.59 Å². The van der Waals surface area contributed by atoms with Crippen molar-refractivity contribution in [3.63, 3.8) is 0 Å². The Morgan fingerprint density at radius 1 is 1.35 bits per heavy atom. The summed E-state index contributed by atoms with van der Waals surface area (Å²) in [5, 5.41) is 8.77. The quantitative estimate of drug-likeness (QED) is 0.780. The number of rotatable bonds is 4. The van der Waals surface area contributed by atoms with Crippen LogP contribution in [0.4, 0.5) is 5.69 Å². The van der Waals surface area contributed by atoms with Gasteiger partial charge in [0.15, 0.2) is 0 Å². The molecule has 1 saturated heterocycles. The maximum Gasteiger partial charge on any atom is 0.253 e. The minimum absolute atomic E-state index is 0.0612. The van der Waals surface area contributed by atoms with E-state index < -0.39 is 5.54 Å². The molecular weight excluding hydrogens is 254 g/mol. The van der Waals surface area contributed by atoms with Crippen molar-refractivity contribution in [2.45, 2.75) is 31.7 Å². The molecule has 1 aromatic rings. The van der Waals surface area contributed by atoms with Crippen molar-refractivity contribution in [2.24, 2.45) is 0 Å². The Hall–Kier alpha value is -1.88. The minimum atomic E-state index is -0.504. The molecule has 2 rings (SSSR count). The molecule has 0 bridgehead atoms. The van der Waals surface area contributed by atoms with Gasteiger partial charge in [0.2, 0.25) is 5.91 Å². The zero-order chi connectivity index (χ0) is 14.6. The molecule has 20 heavy (non-hydrogen) atoms. The van der Waals surface area contributed by atoms with Crippen LogP contribution in [-0.4, -0.2) is 30.9 Å². The average Bonchev–Trinajstić information content (AvgIpc) is 2.97. The van der Waals surface area contributed by atoms with E-state index in [1.165, 1.54) is 0 Å². The molecule has 108 valence electrons. The lowest BCUT2D eigenvalue weighted by Crippen LogP contribution is -2.50. The number of anilines is 1. The Balaban J connectivity index is 2.22. The van der Waals surface area contributed by atoms with Gasteiger partial charge in [0.25, 0.3) is 5.91 Å². The standard InChI is InChI=1S/C15H21N3O2/c1-3-15(9-6-10-17-15)14(20)18-12-8-5-4-7-11(12)13(19)16-2/h4-5,7-8,17H,3,6,9-10H2,1-2H3,(H,16,19)(H,18,20). The van der Waals surface area contributed by atoms with E-state index in [0.717, 1.165) is 25.8 Å². The third kappa shape index (κ3) is 2.67. The van der Waals surface area contributed by atoms with Crippen molar-refractivity contribution in [1.29, 1.82) is 0 Å². The number of amides is 2. The molecule has 1 fully saturated rings. The average molecular weight is 275 g/mol. The number of benzene rings is 1. The number of hydrogen-bond donors (Lipinski definition) is 3. The Morgan fingerprint density at radius 2 is 2.10 bits per heavy atom. The highest BCUT2D eigenvalue weighted by Gasteiger charge is 2.39. The van der Waals surface area contributed by atoms with Crippen molar-refractivity contribution >= 4 is 17.5 Å². The molecule has 1 unspecified atom stereocenters.